The van der Waals surface area contributed by atoms with E-state index in [1.54, 1.807) is 13.2 Å². The molecule has 0 bridgehead atoms. The van der Waals surface area contributed by atoms with Crippen LogP contribution in [0.1, 0.15) is 33.3 Å². The van der Waals surface area contributed by atoms with Gasteiger partial charge in [0.05, 0.1) is 24.1 Å². The molecule has 3 aromatic carbocycles. The van der Waals surface area contributed by atoms with Crippen LogP contribution in [0.2, 0.25) is 0 Å². The number of thiophene rings is 1. The maximum absolute atomic E-state index is 13.9. The van der Waals surface area contributed by atoms with Gasteiger partial charge in [-0.3, -0.25) is 4.79 Å². The number of aliphatic hydroxyl groups excluding tert-OH is 1. The molecule has 0 aliphatic carbocycles. The maximum Gasteiger partial charge on any atom is 0.261 e. The Morgan fingerprint density at radius 3 is 2.36 bits per heavy atom. The van der Waals surface area contributed by atoms with Gasteiger partial charge in [0.15, 0.2) is 0 Å². The van der Waals surface area contributed by atoms with E-state index in [0.29, 0.717) is 17.0 Å². The summed E-state index contributed by atoms with van der Waals surface area (Å²) < 4.78 is 32.9. The number of amides is 1. The summed E-state index contributed by atoms with van der Waals surface area (Å²) in [5, 5.41) is 19.0. The highest BCUT2D eigenvalue weighted by atomic mass is 32.1. The number of aliphatic hydroxyl groups is 1. The number of benzene rings is 3. The van der Waals surface area contributed by atoms with Crippen molar-refractivity contribution in [2.45, 2.75) is 38.5 Å². The molecule has 4 rings (SSSR count). The van der Waals surface area contributed by atoms with E-state index in [2.05, 4.69) is 29.7 Å². The molecular formula is C31H32F2N2O3S. The zero-order chi connectivity index (χ0) is 27.8. The van der Waals surface area contributed by atoms with Crippen LogP contribution in [0.25, 0.3) is 11.1 Å². The monoisotopic (exact) mass is 550 g/mol. The third-order valence-electron chi connectivity index (χ3n) is 6.49. The molecule has 0 saturated carbocycles. The molecule has 8 heteroatoms. The minimum atomic E-state index is -1.00. The van der Waals surface area contributed by atoms with E-state index in [1.807, 2.05) is 41.8 Å². The number of halogens is 2. The number of methoxy groups -OCH3 is 1. The lowest BCUT2D eigenvalue weighted by Gasteiger charge is -2.25. The normalized spacial score (nSPS) is 12.6. The lowest BCUT2D eigenvalue weighted by Crippen LogP contribution is -2.48. The molecule has 4 aromatic rings. The van der Waals surface area contributed by atoms with Crippen LogP contribution in [0.15, 0.2) is 78.2 Å². The van der Waals surface area contributed by atoms with E-state index in [-0.39, 0.29) is 18.9 Å². The number of nitrogens with one attached hydrogen (secondary N) is 2. The van der Waals surface area contributed by atoms with E-state index in [1.165, 1.54) is 29.0 Å². The number of carbonyl (C=O) groups is 1. The Hall–Kier alpha value is -3.59. The minimum Gasteiger partial charge on any atom is -0.497 e. The second-order valence-electron chi connectivity index (χ2n) is 9.36. The van der Waals surface area contributed by atoms with Gasteiger partial charge in [-0.05, 0) is 76.4 Å². The molecule has 3 N–H and O–H groups in total. The average Bonchev–Trinajstić information content (AvgIpc) is 3.43. The van der Waals surface area contributed by atoms with Crippen LogP contribution in [0.4, 0.5) is 8.78 Å². The smallest absolute Gasteiger partial charge is 0.261 e. The van der Waals surface area contributed by atoms with Gasteiger partial charge in [0, 0.05) is 19.2 Å². The van der Waals surface area contributed by atoms with Crippen molar-refractivity contribution in [3.63, 3.8) is 0 Å². The Bertz CT molecular complexity index is 1370. The maximum atomic E-state index is 13.9. The number of ether oxygens (including phenoxy) is 1. The van der Waals surface area contributed by atoms with Crippen molar-refractivity contribution in [2.24, 2.45) is 0 Å². The Kier molecular flexibility index (Phi) is 9.81. The predicted octanol–water partition coefficient (Wildman–Crippen LogP) is 5.76. The van der Waals surface area contributed by atoms with Crippen LogP contribution in [-0.4, -0.2) is 36.8 Å². The van der Waals surface area contributed by atoms with Crippen LogP contribution in [0.5, 0.6) is 5.75 Å². The van der Waals surface area contributed by atoms with E-state index in [4.69, 9.17) is 4.74 Å². The molecule has 0 fully saturated rings. The molecule has 39 heavy (non-hydrogen) atoms. The van der Waals surface area contributed by atoms with Gasteiger partial charge in [-0.1, -0.05) is 43.3 Å². The Morgan fingerprint density at radius 1 is 0.949 bits per heavy atom. The van der Waals surface area contributed by atoms with Crippen molar-refractivity contribution < 1.29 is 23.4 Å². The molecule has 2 unspecified atom stereocenters. The Balaban J connectivity index is 1.46. The van der Waals surface area contributed by atoms with Gasteiger partial charge in [0.25, 0.3) is 5.91 Å². The topological polar surface area (TPSA) is 70.6 Å². The van der Waals surface area contributed by atoms with Gasteiger partial charge in [-0.2, -0.15) is 0 Å². The Labute approximate surface area is 231 Å². The molecule has 0 aliphatic heterocycles. The standard InChI is InChI=1S/C31H32F2N2O3S/c1-3-20-5-4-6-21(11-20)17-34-18-29(36)28(14-22-12-25(32)16-26(33)13-22)35-31(37)30-15-24(19-39-30)23-7-9-27(38-2)10-8-23/h4-13,15-16,19,28-29,34,36H,3,14,17-18H2,1-2H3,(H,35,37). The van der Waals surface area contributed by atoms with Gasteiger partial charge in [0.2, 0.25) is 0 Å². The fourth-order valence-electron chi connectivity index (χ4n) is 4.36. The van der Waals surface area contributed by atoms with Crippen molar-refractivity contribution in [3.8, 4) is 16.9 Å². The van der Waals surface area contributed by atoms with Gasteiger partial charge in [0.1, 0.15) is 17.4 Å². The van der Waals surface area contributed by atoms with Crippen LogP contribution < -0.4 is 15.4 Å². The van der Waals surface area contributed by atoms with Crippen molar-refractivity contribution in [3.05, 3.63) is 111 Å². The number of hydrogen-bond acceptors (Lipinski definition) is 5. The first-order chi connectivity index (χ1) is 18.8. The largest absolute Gasteiger partial charge is 0.497 e. The first kappa shape index (κ1) is 28.4. The highest BCUT2D eigenvalue weighted by Crippen LogP contribution is 2.27. The molecular weight excluding hydrogens is 518 g/mol. The quantitative estimate of drug-likeness (QED) is 0.210. The highest BCUT2D eigenvalue weighted by molar-refractivity contribution is 7.12. The van der Waals surface area contributed by atoms with Crippen LogP contribution in [-0.2, 0) is 19.4 Å². The summed E-state index contributed by atoms with van der Waals surface area (Å²) in [6.45, 7) is 2.81. The van der Waals surface area contributed by atoms with Gasteiger partial charge in [-0.15, -0.1) is 11.3 Å². The van der Waals surface area contributed by atoms with Crippen LogP contribution >= 0.6 is 11.3 Å². The molecule has 204 valence electrons. The highest BCUT2D eigenvalue weighted by Gasteiger charge is 2.24. The zero-order valence-corrected chi connectivity index (χ0v) is 22.7. The molecule has 0 radical (unpaired) electrons. The molecule has 1 aromatic heterocycles. The molecule has 1 amide bonds. The van der Waals surface area contributed by atoms with Crippen LogP contribution in [0, 0.1) is 11.6 Å². The second-order valence-corrected chi connectivity index (χ2v) is 10.3. The van der Waals surface area contributed by atoms with Gasteiger partial charge in [-0.25, -0.2) is 8.78 Å². The fourth-order valence-corrected chi connectivity index (χ4v) is 5.18. The minimum absolute atomic E-state index is 0.0608. The van der Waals surface area contributed by atoms with Crippen molar-refractivity contribution in [1.29, 1.82) is 0 Å². The van der Waals surface area contributed by atoms with Crippen molar-refractivity contribution in [2.75, 3.05) is 13.7 Å². The van der Waals surface area contributed by atoms with Crippen molar-refractivity contribution in [1.82, 2.24) is 10.6 Å². The van der Waals surface area contributed by atoms with Crippen molar-refractivity contribution >= 4 is 17.2 Å². The molecule has 1 heterocycles. The van der Waals surface area contributed by atoms with E-state index >= 15 is 0 Å². The lowest BCUT2D eigenvalue weighted by atomic mass is 10.00. The summed E-state index contributed by atoms with van der Waals surface area (Å²) in [4.78, 5) is 13.7. The second kappa shape index (κ2) is 13.5. The summed E-state index contributed by atoms with van der Waals surface area (Å²) in [5.41, 5.74) is 4.47. The molecule has 0 spiro atoms. The van der Waals surface area contributed by atoms with E-state index in [0.717, 1.165) is 34.9 Å². The number of aryl methyl sites for hydroxylation is 1. The van der Waals surface area contributed by atoms with E-state index in [9.17, 15) is 18.7 Å². The fraction of sp³-hybridized carbons (Fsp3) is 0.258. The summed E-state index contributed by atoms with van der Waals surface area (Å²) in [6, 6.07) is 19.9. The summed E-state index contributed by atoms with van der Waals surface area (Å²) in [6.07, 6.45) is -0.0150. The number of rotatable bonds is 12. The molecule has 0 aliphatic rings. The molecule has 0 saturated heterocycles. The van der Waals surface area contributed by atoms with Gasteiger partial charge >= 0.3 is 0 Å². The molecule has 5 nitrogen and oxygen atoms in total. The summed E-state index contributed by atoms with van der Waals surface area (Å²) >= 11 is 1.29. The summed E-state index contributed by atoms with van der Waals surface area (Å²) in [5.74, 6) is -1.04. The zero-order valence-electron chi connectivity index (χ0n) is 21.9. The third-order valence-corrected chi connectivity index (χ3v) is 7.42. The van der Waals surface area contributed by atoms with Crippen LogP contribution in [0.3, 0.4) is 0 Å². The third kappa shape index (κ3) is 7.95. The summed E-state index contributed by atoms with van der Waals surface area (Å²) in [7, 11) is 1.60. The first-order valence-corrected chi connectivity index (χ1v) is 13.7. The first-order valence-electron chi connectivity index (χ1n) is 12.8. The van der Waals surface area contributed by atoms with E-state index < -0.39 is 23.8 Å². The lowest BCUT2D eigenvalue weighted by molar-refractivity contribution is 0.0833. The number of hydrogen-bond donors (Lipinski definition) is 3. The van der Waals surface area contributed by atoms with Gasteiger partial charge < -0.3 is 20.5 Å². The number of carbonyl (C=O) groups excluding carboxylic acids is 1. The molecule has 2 atom stereocenters. The Morgan fingerprint density at radius 2 is 1.67 bits per heavy atom. The predicted molar refractivity (Wildman–Crippen MR) is 151 cm³/mol. The SMILES string of the molecule is CCc1cccc(CNCC(O)C(Cc2cc(F)cc(F)c2)NC(=O)c2cc(-c3ccc(OC)cc3)cs2)c1. The average molecular weight is 551 g/mol.